The number of nitrogens with one attached hydrogen (secondary N) is 1. The highest BCUT2D eigenvalue weighted by Crippen LogP contribution is 2.33. The summed E-state index contributed by atoms with van der Waals surface area (Å²) in [6, 6.07) is 14.3. The quantitative estimate of drug-likeness (QED) is 0.928. The molecular weight excluding hydrogens is 318 g/mol. The van der Waals surface area contributed by atoms with Crippen molar-refractivity contribution in [1.29, 1.82) is 0 Å². The molecule has 0 unspecified atom stereocenters. The van der Waals surface area contributed by atoms with Crippen LogP contribution in [0.15, 0.2) is 46.9 Å². The number of hydrogen-bond acceptors (Lipinski definition) is 3. The molecule has 1 aliphatic rings. The molecule has 0 saturated heterocycles. The summed E-state index contributed by atoms with van der Waals surface area (Å²) in [6.45, 7) is 2.83. The van der Waals surface area contributed by atoms with Crippen molar-refractivity contribution in [2.75, 3.05) is 13.2 Å². The third kappa shape index (κ3) is 3.14. The van der Waals surface area contributed by atoms with Crippen molar-refractivity contribution in [2.24, 2.45) is 0 Å². The summed E-state index contributed by atoms with van der Waals surface area (Å²) in [5.74, 6) is 1.72. The molecule has 3 rings (SSSR count). The number of fused-ring (bicyclic) bond motifs is 1. The van der Waals surface area contributed by atoms with Gasteiger partial charge >= 0.3 is 0 Å². The molecule has 1 N–H and O–H groups in total. The molecule has 0 spiro atoms. The Balaban J connectivity index is 1.64. The van der Waals surface area contributed by atoms with Crippen molar-refractivity contribution in [3.63, 3.8) is 0 Å². The molecule has 4 heteroatoms. The Morgan fingerprint density at radius 1 is 1.00 bits per heavy atom. The first kappa shape index (κ1) is 13.5. The van der Waals surface area contributed by atoms with Crippen molar-refractivity contribution < 1.29 is 9.47 Å². The van der Waals surface area contributed by atoms with E-state index in [4.69, 9.17) is 9.47 Å². The second-order valence-corrected chi connectivity index (χ2v) is 5.59. The van der Waals surface area contributed by atoms with E-state index in [1.807, 2.05) is 24.3 Å². The van der Waals surface area contributed by atoms with Gasteiger partial charge in [0.25, 0.3) is 0 Å². The average molecular weight is 334 g/mol. The first-order valence-electron chi connectivity index (χ1n) is 6.65. The van der Waals surface area contributed by atoms with Gasteiger partial charge in [0.05, 0.1) is 0 Å². The van der Waals surface area contributed by atoms with Gasteiger partial charge in [0.15, 0.2) is 11.5 Å². The van der Waals surface area contributed by atoms with Gasteiger partial charge in [0, 0.05) is 23.1 Å². The van der Waals surface area contributed by atoms with E-state index in [1.54, 1.807) is 0 Å². The standard InChI is InChI=1S/C16H16BrNO2/c17-14-5-1-3-12(9-14)10-18-11-13-4-2-6-15-16(13)20-8-7-19-15/h1-6,9,18H,7-8,10-11H2. The smallest absolute Gasteiger partial charge is 0.165 e. The van der Waals surface area contributed by atoms with Crippen LogP contribution in [0.2, 0.25) is 0 Å². The van der Waals surface area contributed by atoms with Crippen LogP contribution in [0.5, 0.6) is 11.5 Å². The molecule has 104 valence electrons. The van der Waals surface area contributed by atoms with E-state index in [9.17, 15) is 0 Å². The molecule has 2 aromatic carbocycles. The highest BCUT2D eigenvalue weighted by molar-refractivity contribution is 9.10. The number of ether oxygens (including phenoxy) is 2. The van der Waals surface area contributed by atoms with Crippen LogP contribution in [0.1, 0.15) is 11.1 Å². The second kappa shape index (κ2) is 6.29. The Bertz CT molecular complexity index is 601. The fourth-order valence-electron chi connectivity index (χ4n) is 2.26. The minimum absolute atomic E-state index is 0.621. The molecule has 1 heterocycles. The van der Waals surface area contributed by atoms with Gasteiger partial charge in [0.2, 0.25) is 0 Å². The molecule has 20 heavy (non-hydrogen) atoms. The van der Waals surface area contributed by atoms with E-state index in [2.05, 4.69) is 39.4 Å². The Kier molecular flexibility index (Phi) is 4.23. The van der Waals surface area contributed by atoms with Crippen molar-refractivity contribution in [3.05, 3.63) is 58.1 Å². The lowest BCUT2D eigenvalue weighted by Gasteiger charge is -2.21. The summed E-state index contributed by atoms with van der Waals surface area (Å²) in [6.07, 6.45) is 0. The third-order valence-corrected chi connectivity index (χ3v) is 3.67. The van der Waals surface area contributed by atoms with E-state index in [0.29, 0.717) is 13.2 Å². The summed E-state index contributed by atoms with van der Waals surface area (Å²) < 4.78 is 12.4. The molecule has 0 saturated carbocycles. The molecule has 2 aromatic rings. The summed E-state index contributed by atoms with van der Waals surface area (Å²) in [5, 5.41) is 3.44. The van der Waals surface area contributed by atoms with Gasteiger partial charge in [-0.25, -0.2) is 0 Å². The maximum atomic E-state index is 5.70. The lowest BCUT2D eigenvalue weighted by molar-refractivity contribution is 0.169. The second-order valence-electron chi connectivity index (χ2n) is 4.67. The van der Waals surface area contributed by atoms with Gasteiger partial charge in [-0.05, 0) is 23.8 Å². The zero-order valence-electron chi connectivity index (χ0n) is 11.1. The highest BCUT2D eigenvalue weighted by atomic mass is 79.9. The fraction of sp³-hybridized carbons (Fsp3) is 0.250. The third-order valence-electron chi connectivity index (χ3n) is 3.18. The van der Waals surface area contributed by atoms with Gasteiger partial charge in [-0.2, -0.15) is 0 Å². The van der Waals surface area contributed by atoms with Crippen molar-refractivity contribution in [3.8, 4) is 11.5 Å². The Labute approximate surface area is 127 Å². The Morgan fingerprint density at radius 3 is 2.75 bits per heavy atom. The molecule has 0 aromatic heterocycles. The van der Waals surface area contributed by atoms with Crippen LogP contribution in [0.4, 0.5) is 0 Å². The predicted octanol–water partition coefficient (Wildman–Crippen LogP) is 3.51. The van der Waals surface area contributed by atoms with Crippen LogP contribution in [-0.4, -0.2) is 13.2 Å². The molecular formula is C16H16BrNO2. The summed E-state index contributed by atoms with van der Waals surface area (Å²) >= 11 is 3.48. The van der Waals surface area contributed by atoms with E-state index in [1.165, 1.54) is 5.56 Å². The summed E-state index contributed by atoms with van der Waals surface area (Å²) in [7, 11) is 0. The zero-order chi connectivity index (χ0) is 13.8. The Hall–Kier alpha value is -1.52. The molecule has 0 radical (unpaired) electrons. The normalized spacial score (nSPS) is 13.2. The van der Waals surface area contributed by atoms with Gasteiger partial charge in [0.1, 0.15) is 13.2 Å². The average Bonchev–Trinajstić information content (AvgIpc) is 2.48. The van der Waals surface area contributed by atoms with Crippen LogP contribution < -0.4 is 14.8 Å². The van der Waals surface area contributed by atoms with Crippen LogP contribution in [-0.2, 0) is 13.1 Å². The zero-order valence-corrected chi connectivity index (χ0v) is 12.7. The number of halogens is 1. The lowest BCUT2D eigenvalue weighted by atomic mass is 10.1. The van der Waals surface area contributed by atoms with Crippen LogP contribution in [0.3, 0.4) is 0 Å². The Morgan fingerprint density at radius 2 is 1.85 bits per heavy atom. The van der Waals surface area contributed by atoms with E-state index in [0.717, 1.165) is 34.6 Å². The van der Waals surface area contributed by atoms with Crippen LogP contribution >= 0.6 is 15.9 Å². The number of para-hydroxylation sites is 1. The van der Waals surface area contributed by atoms with E-state index >= 15 is 0 Å². The lowest BCUT2D eigenvalue weighted by Crippen LogP contribution is -2.19. The SMILES string of the molecule is Brc1cccc(CNCc2cccc3c2OCCO3)c1. The first-order valence-corrected chi connectivity index (χ1v) is 7.45. The van der Waals surface area contributed by atoms with Crippen molar-refractivity contribution in [1.82, 2.24) is 5.32 Å². The topological polar surface area (TPSA) is 30.5 Å². The molecule has 1 aliphatic heterocycles. The van der Waals surface area contributed by atoms with Crippen LogP contribution in [0, 0.1) is 0 Å². The molecule has 0 fully saturated rings. The molecule has 0 bridgehead atoms. The van der Waals surface area contributed by atoms with E-state index in [-0.39, 0.29) is 0 Å². The number of rotatable bonds is 4. The largest absolute Gasteiger partial charge is 0.486 e. The van der Waals surface area contributed by atoms with Gasteiger partial charge in [-0.1, -0.05) is 40.2 Å². The van der Waals surface area contributed by atoms with E-state index < -0.39 is 0 Å². The number of benzene rings is 2. The highest BCUT2D eigenvalue weighted by Gasteiger charge is 2.14. The molecule has 0 aliphatic carbocycles. The summed E-state index contributed by atoms with van der Waals surface area (Å²) in [5.41, 5.74) is 2.39. The van der Waals surface area contributed by atoms with Gasteiger partial charge in [-0.3, -0.25) is 0 Å². The van der Waals surface area contributed by atoms with Gasteiger partial charge in [-0.15, -0.1) is 0 Å². The summed E-state index contributed by atoms with van der Waals surface area (Å²) in [4.78, 5) is 0. The maximum absolute atomic E-state index is 5.70. The first-order chi connectivity index (χ1) is 9.83. The van der Waals surface area contributed by atoms with Gasteiger partial charge < -0.3 is 14.8 Å². The molecule has 3 nitrogen and oxygen atoms in total. The molecule has 0 amide bonds. The minimum Gasteiger partial charge on any atom is -0.486 e. The maximum Gasteiger partial charge on any atom is 0.165 e. The van der Waals surface area contributed by atoms with Crippen molar-refractivity contribution in [2.45, 2.75) is 13.1 Å². The number of hydrogen-bond donors (Lipinski definition) is 1. The van der Waals surface area contributed by atoms with Crippen LogP contribution in [0.25, 0.3) is 0 Å². The minimum atomic E-state index is 0.621. The monoisotopic (exact) mass is 333 g/mol. The van der Waals surface area contributed by atoms with Crippen molar-refractivity contribution >= 4 is 15.9 Å². The predicted molar refractivity (Wildman–Crippen MR) is 82.1 cm³/mol. The fourth-order valence-corrected chi connectivity index (χ4v) is 2.71. The molecule has 0 atom stereocenters.